The molecule has 0 bridgehead atoms. The van der Waals surface area contributed by atoms with Crippen LogP contribution in [0.5, 0.6) is 0 Å². The van der Waals surface area contributed by atoms with Gasteiger partial charge in [-0.15, -0.1) is 11.8 Å². The first-order valence-corrected chi connectivity index (χ1v) is 11.9. The van der Waals surface area contributed by atoms with Crippen LogP contribution in [0.25, 0.3) is 0 Å². The summed E-state index contributed by atoms with van der Waals surface area (Å²) in [5.41, 5.74) is 2.27. The van der Waals surface area contributed by atoms with Gasteiger partial charge in [-0.05, 0) is 55.5 Å². The molecule has 0 radical (unpaired) electrons. The Balaban J connectivity index is 1.43. The summed E-state index contributed by atoms with van der Waals surface area (Å²) in [6, 6.07) is 22.8. The quantitative estimate of drug-likeness (QED) is 0.357. The number of hydrogen-bond donors (Lipinski definition) is 2. The number of carboxylic acid groups (broad SMARTS) is 1. The van der Waals surface area contributed by atoms with E-state index >= 15 is 0 Å². The smallest absolute Gasteiger partial charge is 0.331 e. The molecule has 33 heavy (non-hydrogen) atoms. The van der Waals surface area contributed by atoms with Gasteiger partial charge < -0.3 is 10.4 Å². The zero-order chi connectivity index (χ0) is 23.4. The van der Waals surface area contributed by atoms with E-state index in [2.05, 4.69) is 5.32 Å². The van der Waals surface area contributed by atoms with Crippen molar-refractivity contribution in [2.24, 2.45) is 0 Å². The van der Waals surface area contributed by atoms with Crippen LogP contribution in [0.4, 0.5) is 17.1 Å². The molecule has 6 nitrogen and oxygen atoms in total. The number of rotatable bonds is 6. The second-order valence-corrected chi connectivity index (χ2v) is 9.33. The highest BCUT2D eigenvalue weighted by Gasteiger charge is 2.27. The maximum atomic E-state index is 13.3. The highest BCUT2D eigenvalue weighted by Crippen LogP contribution is 2.48. The molecular formula is C25H20N2O4S2. The van der Waals surface area contributed by atoms with E-state index in [4.69, 9.17) is 5.11 Å². The Kier molecular flexibility index (Phi) is 6.86. The molecule has 0 aliphatic carbocycles. The number of fused-ring (bicyclic) bond motifs is 2. The predicted molar refractivity (Wildman–Crippen MR) is 131 cm³/mol. The lowest BCUT2D eigenvalue weighted by atomic mass is 10.2. The lowest BCUT2D eigenvalue weighted by Gasteiger charge is -2.31. The van der Waals surface area contributed by atoms with Crippen LogP contribution < -0.4 is 10.2 Å². The molecule has 1 aliphatic rings. The van der Waals surface area contributed by atoms with Crippen LogP contribution in [-0.4, -0.2) is 28.6 Å². The summed E-state index contributed by atoms with van der Waals surface area (Å²) in [6.07, 6.45) is 1.04. The number of aliphatic carboxylic acids is 1. The zero-order valence-electron chi connectivity index (χ0n) is 17.6. The van der Waals surface area contributed by atoms with E-state index < -0.39 is 11.9 Å². The van der Waals surface area contributed by atoms with E-state index in [0.29, 0.717) is 5.69 Å². The molecule has 2 amide bonds. The molecule has 4 rings (SSSR count). The maximum Gasteiger partial charge on any atom is 0.331 e. The molecule has 0 spiro atoms. The molecule has 0 fully saturated rings. The molecule has 1 aliphatic heterocycles. The minimum atomic E-state index is -1.14. The molecule has 0 atom stereocenters. The Morgan fingerprint density at radius 1 is 0.939 bits per heavy atom. The number of hydrogen-bond acceptors (Lipinski definition) is 5. The monoisotopic (exact) mass is 476 g/mol. The number of nitrogens with zero attached hydrogens (tertiary/aromatic N) is 1. The third kappa shape index (κ3) is 5.30. The number of thioether (sulfide) groups is 1. The summed E-state index contributed by atoms with van der Waals surface area (Å²) in [4.78, 5) is 40.7. The predicted octanol–water partition coefficient (Wildman–Crippen LogP) is 5.58. The van der Waals surface area contributed by atoms with Crippen molar-refractivity contribution in [3.05, 3.63) is 84.4 Å². The highest BCUT2D eigenvalue weighted by molar-refractivity contribution is 8.00. The van der Waals surface area contributed by atoms with Gasteiger partial charge in [-0.25, -0.2) is 4.79 Å². The number of benzene rings is 3. The number of nitrogens with one attached hydrogen (secondary N) is 1. The summed E-state index contributed by atoms with van der Waals surface area (Å²) >= 11 is 3.07. The lowest BCUT2D eigenvalue weighted by Crippen LogP contribution is -2.29. The van der Waals surface area contributed by atoms with Crippen LogP contribution >= 0.6 is 23.5 Å². The molecular weight excluding hydrogens is 456 g/mol. The van der Waals surface area contributed by atoms with Crippen LogP contribution in [0, 0.1) is 0 Å². The average molecular weight is 477 g/mol. The van der Waals surface area contributed by atoms with Crippen LogP contribution in [0.2, 0.25) is 0 Å². The van der Waals surface area contributed by atoms with Gasteiger partial charge in [-0.3, -0.25) is 14.5 Å². The molecule has 0 aromatic heterocycles. The van der Waals surface area contributed by atoms with Crippen molar-refractivity contribution in [1.82, 2.24) is 0 Å². The summed E-state index contributed by atoms with van der Waals surface area (Å²) in [7, 11) is 0. The van der Waals surface area contributed by atoms with E-state index in [9.17, 15) is 14.4 Å². The molecule has 0 saturated heterocycles. The van der Waals surface area contributed by atoms with Gasteiger partial charge in [-0.2, -0.15) is 0 Å². The minimum absolute atomic E-state index is 0.0214. The Morgan fingerprint density at radius 3 is 2.09 bits per heavy atom. The van der Waals surface area contributed by atoms with Crippen molar-refractivity contribution in [3.63, 3.8) is 0 Å². The number of carboxylic acids is 1. The Hall–Kier alpha value is -3.49. The normalized spacial score (nSPS) is 12.5. The maximum absolute atomic E-state index is 13.3. The Bertz CT molecular complexity index is 1210. The van der Waals surface area contributed by atoms with Crippen molar-refractivity contribution in [1.29, 1.82) is 0 Å². The van der Waals surface area contributed by atoms with Gasteiger partial charge in [0.15, 0.2) is 0 Å². The number of anilines is 3. The fourth-order valence-corrected chi connectivity index (χ4v) is 5.06. The lowest BCUT2D eigenvalue weighted by molar-refractivity contribution is -0.132. The summed E-state index contributed by atoms with van der Waals surface area (Å²) < 4.78 is 0. The Morgan fingerprint density at radius 2 is 1.52 bits per heavy atom. The molecule has 3 aromatic rings. The molecule has 2 N–H and O–H groups in total. The number of carbonyl (C=O) groups excluding carboxylic acids is 2. The minimum Gasteiger partial charge on any atom is -0.478 e. The van der Waals surface area contributed by atoms with Gasteiger partial charge in [0.1, 0.15) is 0 Å². The van der Waals surface area contributed by atoms with E-state index in [-0.39, 0.29) is 17.2 Å². The highest BCUT2D eigenvalue weighted by atomic mass is 32.2. The van der Waals surface area contributed by atoms with E-state index in [1.165, 1.54) is 18.7 Å². The second kappa shape index (κ2) is 9.97. The fraction of sp³-hybridized carbons (Fsp3) is 0.0800. The topological polar surface area (TPSA) is 86.7 Å². The van der Waals surface area contributed by atoms with Crippen molar-refractivity contribution < 1.29 is 19.5 Å². The van der Waals surface area contributed by atoms with Gasteiger partial charge in [0, 0.05) is 32.0 Å². The standard InChI is InChI=1S/C25H20N2O4S2/c1-16(25(30)31)14-23(28)26-17-10-12-18(13-11-17)32-15-24(29)27-19-6-2-4-8-21(19)33-22-9-5-3-7-20(22)27/h2-14H,15H2,1H3,(H,26,28)(H,30,31)/b16-14-. The van der Waals surface area contributed by atoms with Crippen LogP contribution in [0.3, 0.4) is 0 Å². The van der Waals surface area contributed by atoms with Gasteiger partial charge in [0.2, 0.25) is 11.8 Å². The SMILES string of the molecule is C/C(=C/C(=O)Nc1ccc(SCC(=O)N2c3ccccc3Sc3ccccc32)cc1)C(=O)O. The molecule has 166 valence electrons. The second-order valence-electron chi connectivity index (χ2n) is 7.20. The third-order valence-electron chi connectivity index (χ3n) is 4.85. The van der Waals surface area contributed by atoms with Crippen LogP contribution in [0.1, 0.15) is 6.92 Å². The largest absolute Gasteiger partial charge is 0.478 e. The first kappa shape index (κ1) is 22.7. The van der Waals surface area contributed by atoms with Crippen LogP contribution in [0.15, 0.2) is 99.1 Å². The molecule has 0 saturated carbocycles. The fourth-order valence-electron chi connectivity index (χ4n) is 3.25. The first-order chi connectivity index (χ1) is 15.9. The molecule has 3 aromatic carbocycles. The van der Waals surface area contributed by atoms with Crippen molar-refractivity contribution in [2.75, 3.05) is 16.0 Å². The van der Waals surface area contributed by atoms with Crippen LogP contribution in [-0.2, 0) is 14.4 Å². The number of amides is 2. The van der Waals surface area contributed by atoms with Crippen molar-refractivity contribution in [3.8, 4) is 0 Å². The number of para-hydroxylation sites is 2. The van der Waals surface area contributed by atoms with Gasteiger partial charge in [-0.1, -0.05) is 36.0 Å². The van der Waals surface area contributed by atoms with Gasteiger partial charge in [0.05, 0.1) is 17.1 Å². The van der Waals surface area contributed by atoms with E-state index in [1.807, 2.05) is 60.7 Å². The zero-order valence-corrected chi connectivity index (χ0v) is 19.3. The Labute approximate surface area is 199 Å². The van der Waals surface area contributed by atoms with Crippen molar-refractivity contribution in [2.45, 2.75) is 21.6 Å². The molecule has 0 unspecified atom stereocenters. The number of carbonyl (C=O) groups is 3. The summed E-state index contributed by atoms with van der Waals surface area (Å²) in [6.45, 7) is 1.36. The van der Waals surface area contributed by atoms with E-state index in [0.717, 1.165) is 32.1 Å². The summed E-state index contributed by atoms with van der Waals surface area (Å²) in [5, 5.41) is 11.5. The average Bonchev–Trinajstić information content (AvgIpc) is 2.81. The first-order valence-electron chi connectivity index (χ1n) is 10.1. The summed E-state index contributed by atoms with van der Waals surface area (Å²) in [5.74, 6) is -1.42. The molecule has 1 heterocycles. The van der Waals surface area contributed by atoms with Crippen molar-refractivity contribution >= 4 is 58.4 Å². The van der Waals surface area contributed by atoms with Gasteiger partial charge >= 0.3 is 5.97 Å². The molecule has 8 heteroatoms. The third-order valence-corrected chi connectivity index (χ3v) is 6.98. The van der Waals surface area contributed by atoms with Gasteiger partial charge in [0.25, 0.3) is 0 Å². The van der Waals surface area contributed by atoms with E-state index in [1.54, 1.807) is 28.8 Å².